The molecule has 2 unspecified atom stereocenters. The Bertz CT molecular complexity index is 803. The highest BCUT2D eigenvalue weighted by molar-refractivity contribution is 6.01. The highest BCUT2D eigenvalue weighted by atomic mass is 16.5. The summed E-state index contributed by atoms with van der Waals surface area (Å²) in [5.74, 6) is 0.417. The molecule has 138 valence electrons. The molecule has 4 rings (SSSR count). The van der Waals surface area contributed by atoms with Crippen molar-refractivity contribution in [2.24, 2.45) is 0 Å². The lowest BCUT2D eigenvalue weighted by Gasteiger charge is -2.42. The molecule has 1 amide bonds. The van der Waals surface area contributed by atoms with Crippen molar-refractivity contribution in [3.63, 3.8) is 0 Å². The number of aromatic nitrogens is 1. The molecule has 6 nitrogen and oxygen atoms in total. The number of fused-ring (bicyclic) bond motifs is 1. The Morgan fingerprint density at radius 3 is 2.85 bits per heavy atom. The SMILES string of the molecule is CO[C@@]12CCC(O)CC1N(C(=O)c1c(-c3ccccc3)noc1C)CC2. The van der Waals surface area contributed by atoms with E-state index in [9.17, 15) is 9.90 Å². The third-order valence-corrected chi connectivity index (χ3v) is 5.95. The highest BCUT2D eigenvalue weighted by Crippen LogP contribution is 2.43. The number of likely N-dealkylation sites (tertiary alicyclic amines) is 1. The Balaban J connectivity index is 1.70. The first-order valence-electron chi connectivity index (χ1n) is 9.11. The van der Waals surface area contributed by atoms with E-state index < -0.39 is 6.10 Å². The molecule has 1 aromatic carbocycles. The molecule has 2 aromatic rings. The Morgan fingerprint density at radius 1 is 1.35 bits per heavy atom. The third kappa shape index (κ3) is 2.64. The number of ether oxygens (including phenoxy) is 1. The minimum atomic E-state index is -0.395. The fourth-order valence-electron chi connectivity index (χ4n) is 4.48. The maximum atomic E-state index is 13.4. The molecule has 2 fully saturated rings. The van der Waals surface area contributed by atoms with Crippen LogP contribution in [-0.4, -0.2) is 52.5 Å². The molecule has 1 aliphatic carbocycles. The molecule has 2 aliphatic rings. The summed E-state index contributed by atoms with van der Waals surface area (Å²) in [6, 6.07) is 9.47. The molecule has 0 radical (unpaired) electrons. The quantitative estimate of drug-likeness (QED) is 0.915. The van der Waals surface area contributed by atoms with Gasteiger partial charge in [0.2, 0.25) is 0 Å². The highest BCUT2D eigenvalue weighted by Gasteiger charge is 2.53. The van der Waals surface area contributed by atoms with Crippen LogP contribution in [0.3, 0.4) is 0 Å². The molecule has 1 N–H and O–H groups in total. The van der Waals surface area contributed by atoms with Crippen LogP contribution >= 0.6 is 0 Å². The zero-order valence-electron chi connectivity index (χ0n) is 15.1. The third-order valence-electron chi connectivity index (χ3n) is 5.95. The summed E-state index contributed by atoms with van der Waals surface area (Å²) in [5, 5.41) is 14.3. The number of aliphatic hydroxyl groups is 1. The molecule has 1 saturated heterocycles. The van der Waals surface area contributed by atoms with E-state index in [0.717, 1.165) is 18.4 Å². The van der Waals surface area contributed by atoms with Crippen LogP contribution in [0.1, 0.15) is 41.8 Å². The average Bonchev–Trinajstić information content (AvgIpc) is 3.23. The summed E-state index contributed by atoms with van der Waals surface area (Å²) in [5.41, 5.74) is 1.57. The van der Waals surface area contributed by atoms with E-state index in [2.05, 4.69) is 5.16 Å². The molecular formula is C20H24N2O4. The number of carbonyl (C=O) groups is 1. The topological polar surface area (TPSA) is 75.8 Å². The van der Waals surface area contributed by atoms with Crippen LogP contribution < -0.4 is 0 Å². The van der Waals surface area contributed by atoms with Crippen LogP contribution in [0.2, 0.25) is 0 Å². The molecule has 26 heavy (non-hydrogen) atoms. The smallest absolute Gasteiger partial charge is 0.260 e. The first-order chi connectivity index (χ1) is 12.6. The Hall–Kier alpha value is -2.18. The summed E-state index contributed by atoms with van der Waals surface area (Å²) >= 11 is 0. The molecule has 0 spiro atoms. The van der Waals surface area contributed by atoms with Crippen molar-refractivity contribution in [1.29, 1.82) is 0 Å². The van der Waals surface area contributed by atoms with Crippen LogP contribution in [0, 0.1) is 6.92 Å². The van der Waals surface area contributed by atoms with Gasteiger partial charge >= 0.3 is 0 Å². The second kappa shape index (κ2) is 6.52. The minimum absolute atomic E-state index is 0.0966. The number of hydrogen-bond acceptors (Lipinski definition) is 5. The summed E-state index contributed by atoms with van der Waals surface area (Å²) in [7, 11) is 1.71. The number of nitrogens with zero attached hydrogens (tertiary/aromatic N) is 2. The molecule has 3 atom stereocenters. The first kappa shape index (κ1) is 17.2. The van der Waals surface area contributed by atoms with Crippen LogP contribution in [0.5, 0.6) is 0 Å². The molecule has 0 bridgehead atoms. The van der Waals surface area contributed by atoms with E-state index in [1.165, 1.54) is 0 Å². The monoisotopic (exact) mass is 356 g/mol. The number of aliphatic hydroxyl groups excluding tert-OH is 1. The lowest BCUT2D eigenvalue weighted by Crippen LogP contribution is -2.52. The second-order valence-corrected chi connectivity index (χ2v) is 7.29. The Morgan fingerprint density at radius 2 is 2.12 bits per heavy atom. The normalized spacial score (nSPS) is 28.2. The van der Waals surface area contributed by atoms with Crippen LogP contribution in [0.15, 0.2) is 34.9 Å². The number of aryl methyl sites for hydroxylation is 1. The van der Waals surface area contributed by atoms with Gasteiger partial charge in [0.05, 0.1) is 17.7 Å². The lowest BCUT2D eigenvalue weighted by molar-refractivity contribution is -0.0824. The fourth-order valence-corrected chi connectivity index (χ4v) is 4.48. The molecular weight excluding hydrogens is 332 g/mol. The summed E-state index contributed by atoms with van der Waals surface area (Å²) in [6.07, 6.45) is 2.43. The van der Waals surface area contributed by atoms with Crippen LogP contribution in [0.25, 0.3) is 11.3 Å². The molecule has 1 aliphatic heterocycles. The van der Waals surface area contributed by atoms with E-state index in [0.29, 0.717) is 36.4 Å². The van der Waals surface area contributed by atoms with Gasteiger partial charge in [-0.1, -0.05) is 35.5 Å². The second-order valence-electron chi connectivity index (χ2n) is 7.29. The summed E-state index contributed by atoms with van der Waals surface area (Å²) in [6.45, 7) is 2.38. The number of methoxy groups -OCH3 is 1. The van der Waals surface area contributed by atoms with Crippen molar-refractivity contribution >= 4 is 5.91 Å². The number of rotatable bonds is 3. The number of carbonyl (C=O) groups excluding carboxylic acids is 1. The van der Waals surface area contributed by atoms with Gasteiger partial charge in [-0.2, -0.15) is 0 Å². The molecule has 1 saturated carbocycles. The number of hydrogen-bond donors (Lipinski definition) is 1. The van der Waals surface area contributed by atoms with Crippen molar-refractivity contribution in [2.45, 2.75) is 50.4 Å². The van der Waals surface area contributed by atoms with Crippen molar-refractivity contribution in [3.8, 4) is 11.3 Å². The van der Waals surface area contributed by atoms with E-state index in [-0.39, 0.29) is 17.6 Å². The van der Waals surface area contributed by atoms with E-state index in [1.54, 1.807) is 14.0 Å². The van der Waals surface area contributed by atoms with E-state index in [1.807, 2.05) is 35.2 Å². The van der Waals surface area contributed by atoms with Gasteiger partial charge in [-0.05, 0) is 32.6 Å². The first-order valence-corrected chi connectivity index (χ1v) is 9.11. The zero-order valence-corrected chi connectivity index (χ0v) is 15.1. The van der Waals surface area contributed by atoms with Gasteiger partial charge in [0.25, 0.3) is 5.91 Å². The standard InChI is InChI=1S/C20H24N2O4/c1-13-17(18(21-26-13)14-6-4-3-5-7-14)19(24)22-11-10-20(25-2)9-8-15(23)12-16(20)22/h3-7,15-16,23H,8-12H2,1-2H3/t15?,16?,20-/m1/s1. The van der Waals surface area contributed by atoms with Gasteiger partial charge in [0, 0.05) is 19.2 Å². The van der Waals surface area contributed by atoms with Crippen molar-refractivity contribution in [3.05, 3.63) is 41.7 Å². The summed E-state index contributed by atoms with van der Waals surface area (Å²) < 4.78 is 11.2. The maximum Gasteiger partial charge on any atom is 0.260 e. The predicted octanol–water partition coefficient (Wildman–Crippen LogP) is 2.79. The van der Waals surface area contributed by atoms with Gasteiger partial charge < -0.3 is 19.3 Å². The Kier molecular flexibility index (Phi) is 4.32. The summed E-state index contributed by atoms with van der Waals surface area (Å²) in [4.78, 5) is 15.3. The van der Waals surface area contributed by atoms with Gasteiger partial charge in [-0.3, -0.25) is 4.79 Å². The Labute approximate surface area is 152 Å². The fraction of sp³-hybridized carbons (Fsp3) is 0.500. The molecule has 6 heteroatoms. The molecule has 2 heterocycles. The minimum Gasteiger partial charge on any atom is -0.393 e. The van der Waals surface area contributed by atoms with Crippen molar-refractivity contribution in [2.75, 3.05) is 13.7 Å². The van der Waals surface area contributed by atoms with Crippen molar-refractivity contribution in [1.82, 2.24) is 10.1 Å². The van der Waals surface area contributed by atoms with Gasteiger partial charge in [0.1, 0.15) is 17.0 Å². The van der Waals surface area contributed by atoms with E-state index >= 15 is 0 Å². The van der Waals surface area contributed by atoms with Crippen LogP contribution in [0.4, 0.5) is 0 Å². The molecule has 1 aromatic heterocycles. The lowest BCUT2D eigenvalue weighted by atomic mass is 9.79. The largest absolute Gasteiger partial charge is 0.393 e. The number of benzene rings is 1. The maximum absolute atomic E-state index is 13.4. The van der Waals surface area contributed by atoms with Gasteiger partial charge in [-0.15, -0.1) is 0 Å². The van der Waals surface area contributed by atoms with Gasteiger partial charge in [-0.25, -0.2) is 0 Å². The predicted molar refractivity (Wildman–Crippen MR) is 95.7 cm³/mol. The number of amides is 1. The van der Waals surface area contributed by atoms with E-state index in [4.69, 9.17) is 9.26 Å². The zero-order chi connectivity index (χ0) is 18.3. The average molecular weight is 356 g/mol. The van der Waals surface area contributed by atoms with Crippen LogP contribution in [-0.2, 0) is 4.74 Å². The van der Waals surface area contributed by atoms with Crippen molar-refractivity contribution < 1.29 is 19.2 Å². The van der Waals surface area contributed by atoms with Gasteiger partial charge in [0.15, 0.2) is 0 Å².